The van der Waals surface area contributed by atoms with Crippen LogP contribution in [0.15, 0.2) is 6.07 Å². The molecule has 1 N–H and O–H groups in total. The topological polar surface area (TPSA) is 76.5 Å². The van der Waals surface area contributed by atoms with Crippen molar-refractivity contribution in [2.75, 3.05) is 32.8 Å². The third-order valence-corrected chi connectivity index (χ3v) is 5.01. The van der Waals surface area contributed by atoms with Gasteiger partial charge in [0, 0.05) is 26.2 Å². The van der Waals surface area contributed by atoms with Crippen LogP contribution in [0.4, 0.5) is 0 Å². The molecular formula is C17H26N4O3. The van der Waals surface area contributed by atoms with E-state index in [2.05, 4.69) is 10.4 Å². The van der Waals surface area contributed by atoms with Crippen molar-refractivity contribution in [2.45, 2.75) is 39.7 Å². The number of aromatic nitrogens is 2. The predicted octanol–water partition coefficient (Wildman–Crippen LogP) is 0.970. The maximum atomic E-state index is 12.9. The predicted molar refractivity (Wildman–Crippen MR) is 88.7 cm³/mol. The highest BCUT2D eigenvalue weighted by Crippen LogP contribution is 2.37. The summed E-state index contributed by atoms with van der Waals surface area (Å²) in [5.74, 6) is 0.0624. The number of hydrogen-bond donors (Lipinski definition) is 1. The van der Waals surface area contributed by atoms with Crippen molar-refractivity contribution in [2.24, 2.45) is 5.41 Å². The minimum Gasteiger partial charge on any atom is -0.380 e. The maximum Gasteiger partial charge on any atom is 0.272 e. The smallest absolute Gasteiger partial charge is 0.272 e. The van der Waals surface area contributed by atoms with Crippen molar-refractivity contribution in [1.29, 1.82) is 0 Å². The molecule has 0 saturated carbocycles. The van der Waals surface area contributed by atoms with Gasteiger partial charge in [0.2, 0.25) is 5.91 Å². The molecule has 7 heteroatoms. The summed E-state index contributed by atoms with van der Waals surface area (Å²) >= 11 is 0. The Morgan fingerprint density at radius 3 is 3.04 bits per heavy atom. The van der Waals surface area contributed by atoms with Gasteiger partial charge in [-0.3, -0.25) is 14.3 Å². The molecule has 1 aromatic heterocycles. The van der Waals surface area contributed by atoms with E-state index in [1.165, 1.54) is 0 Å². The lowest BCUT2D eigenvalue weighted by Gasteiger charge is -2.32. The minimum atomic E-state index is -0.390. The molecular weight excluding hydrogens is 308 g/mol. The molecule has 2 aliphatic rings. The molecule has 2 fully saturated rings. The largest absolute Gasteiger partial charge is 0.380 e. The normalized spacial score (nSPS) is 23.8. The molecule has 0 aromatic carbocycles. The summed E-state index contributed by atoms with van der Waals surface area (Å²) in [6, 6.07) is 1.82. The van der Waals surface area contributed by atoms with Gasteiger partial charge in [-0.2, -0.15) is 5.10 Å². The number of rotatable bonds is 5. The molecule has 0 aliphatic carbocycles. The van der Waals surface area contributed by atoms with E-state index in [1.807, 2.05) is 19.9 Å². The quantitative estimate of drug-likeness (QED) is 0.814. The van der Waals surface area contributed by atoms with Crippen LogP contribution in [0.5, 0.6) is 0 Å². The fourth-order valence-corrected chi connectivity index (χ4v) is 3.71. The third kappa shape index (κ3) is 3.17. The van der Waals surface area contributed by atoms with E-state index in [4.69, 9.17) is 4.74 Å². The number of aryl methyl sites for hydroxylation is 1. The van der Waals surface area contributed by atoms with Gasteiger partial charge in [-0.05, 0) is 39.2 Å². The summed E-state index contributed by atoms with van der Waals surface area (Å²) in [7, 11) is 0. The first-order valence-corrected chi connectivity index (χ1v) is 8.75. The zero-order chi connectivity index (χ0) is 17.2. The Hall–Kier alpha value is -1.89. The SMILES string of the molecule is CCOCCn1nc(C)cc1C(=O)N1CC[C@]2(CCCNC2=O)C1. The van der Waals surface area contributed by atoms with Gasteiger partial charge in [-0.1, -0.05) is 0 Å². The first kappa shape index (κ1) is 17.0. The Labute approximate surface area is 142 Å². The summed E-state index contributed by atoms with van der Waals surface area (Å²) < 4.78 is 7.09. The highest BCUT2D eigenvalue weighted by Gasteiger charge is 2.47. The summed E-state index contributed by atoms with van der Waals surface area (Å²) in [5.41, 5.74) is 1.01. The number of ether oxygens (including phenoxy) is 1. The van der Waals surface area contributed by atoms with Gasteiger partial charge >= 0.3 is 0 Å². The molecule has 24 heavy (non-hydrogen) atoms. The molecule has 0 bridgehead atoms. The lowest BCUT2D eigenvalue weighted by molar-refractivity contribution is -0.132. The fourth-order valence-electron chi connectivity index (χ4n) is 3.71. The number of carbonyl (C=O) groups excluding carboxylic acids is 2. The number of piperidine rings is 1. The average molecular weight is 334 g/mol. The van der Waals surface area contributed by atoms with Crippen LogP contribution < -0.4 is 5.32 Å². The second kappa shape index (κ2) is 6.93. The molecule has 7 nitrogen and oxygen atoms in total. The third-order valence-electron chi connectivity index (χ3n) is 5.01. The average Bonchev–Trinajstić information content (AvgIpc) is 3.15. The summed E-state index contributed by atoms with van der Waals surface area (Å²) in [4.78, 5) is 27.0. The lowest BCUT2D eigenvalue weighted by Crippen LogP contribution is -2.48. The molecule has 2 amide bonds. The second-order valence-corrected chi connectivity index (χ2v) is 6.71. The molecule has 132 valence electrons. The van der Waals surface area contributed by atoms with Crippen LogP contribution in [0.25, 0.3) is 0 Å². The van der Waals surface area contributed by atoms with E-state index in [1.54, 1.807) is 9.58 Å². The highest BCUT2D eigenvalue weighted by atomic mass is 16.5. The molecule has 0 unspecified atom stereocenters. The molecule has 1 atom stereocenters. The Balaban J connectivity index is 1.72. The summed E-state index contributed by atoms with van der Waals surface area (Å²) in [5, 5.41) is 7.36. The summed E-state index contributed by atoms with van der Waals surface area (Å²) in [6.45, 7) is 7.44. The molecule has 0 radical (unpaired) electrons. The number of carbonyl (C=O) groups is 2. The molecule has 2 aliphatic heterocycles. The maximum absolute atomic E-state index is 12.9. The van der Waals surface area contributed by atoms with E-state index >= 15 is 0 Å². The van der Waals surface area contributed by atoms with Gasteiger partial charge in [0.25, 0.3) is 5.91 Å². The van der Waals surface area contributed by atoms with Crippen molar-refractivity contribution in [3.05, 3.63) is 17.5 Å². The van der Waals surface area contributed by atoms with Crippen LogP contribution in [0.3, 0.4) is 0 Å². The van der Waals surface area contributed by atoms with E-state index in [0.717, 1.165) is 31.5 Å². The number of nitrogens with zero attached hydrogens (tertiary/aromatic N) is 3. The second-order valence-electron chi connectivity index (χ2n) is 6.71. The molecule has 1 spiro atoms. The van der Waals surface area contributed by atoms with Gasteiger partial charge in [0.1, 0.15) is 5.69 Å². The van der Waals surface area contributed by atoms with Gasteiger partial charge in [-0.15, -0.1) is 0 Å². The Morgan fingerprint density at radius 2 is 2.29 bits per heavy atom. The van der Waals surface area contributed by atoms with Crippen LogP contribution in [-0.2, 0) is 16.1 Å². The Kier molecular flexibility index (Phi) is 4.89. The van der Waals surface area contributed by atoms with Crippen molar-refractivity contribution in [3.8, 4) is 0 Å². The number of nitrogens with one attached hydrogen (secondary N) is 1. The monoisotopic (exact) mass is 334 g/mol. The first-order chi connectivity index (χ1) is 11.6. The van der Waals surface area contributed by atoms with Crippen LogP contribution in [0.1, 0.15) is 42.4 Å². The van der Waals surface area contributed by atoms with E-state index in [0.29, 0.717) is 38.5 Å². The van der Waals surface area contributed by atoms with Gasteiger partial charge in [0.05, 0.1) is 24.3 Å². The van der Waals surface area contributed by atoms with Crippen LogP contribution in [0, 0.1) is 12.3 Å². The van der Waals surface area contributed by atoms with Crippen molar-refractivity contribution in [3.63, 3.8) is 0 Å². The van der Waals surface area contributed by atoms with Gasteiger partial charge in [0.15, 0.2) is 0 Å². The zero-order valence-electron chi connectivity index (χ0n) is 14.5. The van der Waals surface area contributed by atoms with Crippen LogP contribution >= 0.6 is 0 Å². The Morgan fingerprint density at radius 1 is 1.46 bits per heavy atom. The van der Waals surface area contributed by atoms with E-state index < -0.39 is 0 Å². The standard InChI is InChI=1S/C17H26N4O3/c1-3-24-10-9-21-14(11-13(2)19-21)15(22)20-8-6-17(12-20)5-4-7-18-16(17)23/h11H,3-10,12H2,1-2H3,(H,18,23)/t17-/m1/s1. The molecule has 2 saturated heterocycles. The van der Waals surface area contributed by atoms with E-state index in [9.17, 15) is 9.59 Å². The Bertz CT molecular complexity index is 627. The zero-order valence-corrected chi connectivity index (χ0v) is 14.5. The number of likely N-dealkylation sites (tertiary alicyclic amines) is 1. The van der Waals surface area contributed by atoms with Gasteiger partial charge in [-0.25, -0.2) is 0 Å². The highest BCUT2D eigenvalue weighted by molar-refractivity contribution is 5.94. The first-order valence-electron chi connectivity index (χ1n) is 8.75. The van der Waals surface area contributed by atoms with Crippen molar-refractivity contribution >= 4 is 11.8 Å². The molecule has 3 rings (SSSR count). The minimum absolute atomic E-state index is 0.0395. The number of hydrogen-bond acceptors (Lipinski definition) is 4. The van der Waals surface area contributed by atoms with Crippen LogP contribution in [0.2, 0.25) is 0 Å². The lowest BCUT2D eigenvalue weighted by atomic mass is 9.79. The van der Waals surface area contributed by atoms with Crippen molar-refractivity contribution < 1.29 is 14.3 Å². The van der Waals surface area contributed by atoms with Crippen molar-refractivity contribution in [1.82, 2.24) is 20.0 Å². The fraction of sp³-hybridized carbons (Fsp3) is 0.706. The number of amides is 2. The van der Waals surface area contributed by atoms with Crippen LogP contribution in [-0.4, -0.2) is 59.3 Å². The van der Waals surface area contributed by atoms with Gasteiger partial charge < -0.3 is 15.0 Å². The van der Waals surface area contributed by atoms with E-state index in [-0.39, 0.29) is 17.2 Å². The summed E-state index contributed by atoms with van der Waals surface area (Å²) in [6.07, 6.45) is 2.60. The molecule has 3 heterocycles. The molecule has 1 aromatic rings.